The fourth-order valence-electron chi connectivity index (χ4n) is 2.63. The predicted molar refractivity (Wildman–Crippen MR) is 114 cm³/mol. The van der Waals surface area contributed by atoms with E-state index in [4.69, 9.17) is 21.1 Å². The first-order valence-electron chi connectivity index (χ1n) is 9.62. The Morgan fingerprint density at radius 3 is 2.23 bits per heavy atom. The summed E-state index contributed by atoms with van der Waals surface area (Å²) in [5, 5.41) is 2.84. The number of amides is 1. The predicted octanol–water partition coefficient (Wildman–Crippen LogP) is 4.65. The normalized spacial score (nSPS) is 12.0. The van der Waals surface area contributed by atoms with Crippen molar-refractivity contribution in [3.05, 3.63) is 70.7 Å². The van der Waals surface area contributed by atoms with E-state index in [2.05, 4.69) is 5.32 Å². The third-order valence-corrected chi connectivity index (χ3v) is 4.25. The Balaban J connectivity index is 2.02. The average Bonchev–Trinajstić information content (AvgIpc) is 2.69. The highest BCUT2D eigenvalue weighted by atomic mass is 35.5. The van der Waals surface area contributed by atoms with Crippen LogP contribution in [0.2, 0.25) is 5.02 Å². The lowest BCUT2D eigenvalue weighted by molar-refractivity contribution is -0.154. The Labute approximate surface area is 181 Å². The lowest BCUT2D eigenvalue weighted by atomic mass is 10.00. The lowest BCUT2D eigenvalue weighted by Crippen LogP contribution is -2.36. The van der Waals surface area contributed by atoms with Crippen LogP contribution in [0.25, 0.3) is 0 Å². The minimum Gasteiger partial charge on any atom is -0.448 e. The fraction of sp³-hybridized carbons (Fsp3) is 0.348. The quantitative estimate of drug-likeness (QED) is 0.615. The van der Waals surface area contributed by atoms with E-state index >= 15 is 0 Å². The molecular formula is C23H26ClNO5. The number of rotatable bonds is 8. The second-order valence-corrected chi connectivity index (χ2v) is 8.17. The number of ether oxygens (including phenoxy) is 2. The maximum atomic E-state index is 12.8. The number of esters is 1. The highest BCUT2D eigenvalue weighted by Crippen LogP contribution is 2.23. The van der Waals surface area contributed by atoms with Crippen molar-refractivity contribution >= 4 is 29.4 Å². The zero-order valence-electron chi connectivity index (χ0n) is 17.3. The topological polar surface area (TPSA) is 81.7 Å². The fourth-order valence-corrected chi connectivity index (χ4v) is 2.76. The smallest absolute Gasteiger partial charge is 0.408 e. The number of carbonyl (C=O) groups excluding carboxylic acids is 3. The van der Waals surface area contributed by atoms with Crippen LogP contribution in [-0.2, 0) is 25.5 Å². The summed E-state index contributed by atoms with van der Waals surface area (Å²) in [6.45, 7) is 4.73. The van der Waals surface area contributed by atoms with E-state index in [0.29, 0.717) is 17.0 Å². The van der Waals surface area contributed by atoms with Crippen LogP contribution in [0, 0.1) is 0 Å². The number of nitrogens with one attached hydrogen (secondary N) is 1. The molecule has 0 saturated carbocycles. The number of alkyl carbamates (subject to hydrolysis) is 1. The summed E-state index contributed by atoms with van der Waals surface area (Å²) < 4.78 is 10.5. The summed E-state index contributed by atoms with van der Waals surface area (Å²) in [6.07, 6.45) is -1.10. The summed E-state index contributed by atoms with van der Waals surface area (Å²) in [5.41, 5.74) is 0.842. The van der Waals surface area contributed by atoms with Gasteiger partial charge in [0, 0.05) is 17.0 Å². The third kappa shape index (κ3) is 8.25. The van der Waals surface area contributed by atoms with E-state index in [0.717, 1.165) is 5.56 Å². The van der Waals surface area contributed by atoms with Crippen LogP contribution in [0.15, 0.2) is 54.6 Å². The molecule has 0 spiro atoms. The largest absolute Gasteiger partial charge is 0.448 e. The molecule has 1 unspecified atom stereocenters. The first-order chi connectivity index (χ1) is 14.1. The lowest BCUT2D eigenvalue weighted by Gasteiger charge is -2.20. The minimum absolute atomic E-state index is 0.198. The molecule has 2 aromatic carbocycles. The van der Waals surface area contributed by atoms with Crippen LogP contribution in [-0.4, -0.2) is 30.0 Å². The first kappa shape index (κ1) is 23.4. The Morgan fingerprint density at radius 1 is 1.00 bits per heavy atom. The molecule has 0 fully saturated rings. The van der Waals surface area contributed by atoms with E-state index in [9.17, 15) is 14.4 Å². The van der Waals surface area contributed by atoms with Crippen LogP contribution in [0.5, 0.6) is 0 Å². The van der Waals surface area contributed by atoms with Gasteiger partial charge in [0.25, 0.3) is 0 Å². The summed E-state index contributed by atoms with van der Waals surface area (Å²) in [7, 11) is 0. The molecule has 1 amide bonds. The Morgan fingerprint density at radius 2 is 1.63 bits per heavy atom. The molecule has 0 aliphatic rings. The molecule has 30 heavy (non-hydrogen) atoms. The number of hydrogen-bond donors (Lipinski definition) is 1. The van der Waals surface area contributed by atoms with Gasteiger partial charge in [-0.05, 0) is 44.9 Å². The van der Waals surface area contributed by atoms with Crippen LogP contribution in [0.1, 0.15) is 44.4 Å². The standard InChI is InChI=1S/C23H26ClNO5/c1-23(2,3)30-22(28)25-15-20(27)29-21(17-10-12-18(24)13-11-17)19(26)14-9-16-7-5-4-6-8-16/h4-8,10-13,21H,9,14-15H2,1-3H3,(H,25,28). The zero-order valence-corrected chi connectivity index (χ0v) is 18.1. The number of Topliss-reactive ketones (excluding diaryl/α,β-unsaturated/α-hetero) is 1. The maximum Gasteiger partial charge on any atom is 0.408 e. The summed E-state index contributed by atoms with van der Waals surface area (Å²) >= 11 is 5.93. The van der Waals surface area contributed by atoms with Gasteiger partial charge in [-0.2, -0.15) is 0 Å². The van der Waals surface area contributed by atoms with Crippen molar-refractivity contribution in [1.82, 2.24) is 5.32 Å². The number of hydrogen-bond acceptors (Lipinski definition) is 5. The molecule has 2 rings (SSSR count). The molecule has 0 radical (unpaired) electrons. The zero-order chi connectivity index (χ0) is 22.1. The van der Waals surface area contributed by atoms with E-state index < -0.39 is 30.3 Å². The molecule has 0 aliphatic heterocycles. The number of benzene rings is 2. The molecule has 1 atom stereocenters. The van der Waals surface area contributed by atoms with E-state index in [1.807, 2.05) is 30.3 Å². The van der Waals surface area contributed by atoms with Crippen molar-refractivity contribution in [3.63, 3.8) is 0 Å². The Kier molecular flexibility index (Phi) is 8.42. The SMILES string of the molecule is CC(C)(C)OC(=O)NCC(=O)OC(C(=O)CCc1ccccc1)c1ccc(Cl)cc1. The maximum absolute atomic E-state index is 12.8. The summed E-state index contributed by atoms with van der Waals surface area (Å²) in [4.78, 5) is 36.8. The van der Waals surface area contributed by atoms with Crippen LogP contribution < -0.4 is 5.32 Å². The summed E-state index contributed by atoms with van der Waals surface area (Å²) in [5.74, 6) is -0.985. The van der Waals surface area contributed by atoms with Gasteiger partial charge in [0.2, 0.25) is 0 Å². The van der Waals surface area contributed by atoms with Crippen LogP contribution in [0.4, 0.5) is 4.79 Å². The van der Waals surface area contributed by atoms with Crippen molar-refractivity contribution < 1.29 is 23.9 Å². The number of ketones is 1. The minimum atomic E-state index is -1.08. The van der Waals surface area contributed by atoms with Gasteiger partial charge >= 0.3 is 12.1 Å². The number of aryl methyl sites for hydroxylation is 1. The molecule has 0 bridgehead atoms. The summed E-state index contributed by atoms with van der Waals surface area (Å²) in [6, 6.07) is 16.1. The van der Waals surface area contributed by atoms with Crippen LogP contribution >= 0.6 is 11.6 Å². The molecule has 0 aromatic heterocycles. The van der Waals surface area contributed by atoms with Crippen LogP contribution in [0.3, 0.4) is 0 Å². The second kappa shape index (κ2) is 10.8. The van der Waals surface area contributed by atoms with Gasteiger partial charge in [0.1, 0.15) is 12.1 Å². The molecule has 2 aromatic rings. The van der Waals surface area contributed by atoms with Gasteiger partial charge in [-0.1, -0.05) is 54.1 Å². The number of carbonyl (C=O) groups is 3. The molecule has 0 heterocycles. The van der Waals surface area contributed by atoms with Gasteiger partial charge in [-0.25, -0.2) is 4.79 Å². The van der Waals surface area contributed by atoms with Gasteiger partial charge in [0.05, 0.1) is 0 Å². The van der Waals surface area contributed by atoms with E-state index in [1.54, 1.807) is 45.0 Å². The van der Waals surface area contributed by atoms with Gasteiger partial charge < -0.3 is 14.8 Å². The van der Waals surface area contributed by atoms with Crippen molar-refractivity contribution in [1.29, 1.82) is 0 Å². The average molecular weight is 432 g/mol. The van der Waals surface area contributed by atoms with E-state index in [1.165, 1.54) is 0 Å². The van der Waals surface area contributed by atoms with Gasteiger partial charge in [-0.15, -0.1) is 0 Å². The first-order valence-corrected chi connectivity index (χ1v) is 10.0. The highest BCUT2D eigenvalue weighted by Gasteiger charge is 2.25. The van der Waals surface area contributed by atoms with Crippen molar-refractivity contribution in [2.45, 2.75) is 45.3 Å². The van der Waals surface area contributed by atoms with Crippen molar-refractivity contribution in [3.8, 4) is 0 Å². The third-order valence-electron chi connectivity index (χ3n) is 3.99. The van der Waals surface area contributed by atoms with Crippen molar-refractivity contribution in [2.24, 2.45) is 0 Å². The van der Waals surface area contributed by atoms with Crippen molar-refractivity contribution in [2.75, 3.05) is 6.54 Å². The monoisotopic (exact) mass is 431 g/mol. The second-order valence-electron chi connectivity index (χ2n) is 7.73. The molecule has 6 nitrogen and oxygen atoms in total. The Hall–Kier alpha value is -2.86. The van der Waals surface area contributed by atoms with E-state index in [-0.39, 0.29) is 12.2 Å². The molecule has 0 saturated heterocycles. The van der Waals surface area contributed by atoms with Gasteiger partial charge in [0.15, 0.2) is 11.9 Å². The number of halogens is 1. The molecular weight excluding hydrogens is 406 g/mol. The Bertz CT molecular complexity index is 859. The van der Waals surface area contributed by atoms with Gasteiger partial charge in [-0.3, -0.25) is 9.59 Å². The molecule has 7 heteroatoms. The highest BCUT2D eigenvalue weighted by molar-refractivity contribution is 6.30. The molecule has 1 N–H and O–H groups in total. The molecule has 160 valence electrons. The molecule has 0 aliphatic carbocycles.